The quantitative estimate of drug-likeness (QED) is 0.811. The third kappa shape index (κ3) is 1.61. The highest BCUT2D eigenvalue weighted by molar-refractivity contribution is 5.74. The molecule has 0 unspecified atom stereocenters. The van der Waals surface area contributed by atoms with Crippen LogP contribution in [0, 0.1) is 6.92 Å². The molecule has 2 rings (SSSR count). The Kier molecular flexibility index (Phi) is 2.46. The molecule has 78 valence electrons. The first-order chi connectivity index (χ1) is 7.24. The average molecular weight is 201 g/mol. The molecule has 0 atom stereocenters. The van der Waals surface area contributed by atoms with Crippen LogP contribution in [0.2, 0.25) is 0 Å². The zero-order valence-corrected chi connectivity index (χ0v) is 9.07. The van der Waals surface area contributed by atoms with Gasteiger partial charge in [-0.2, -0.15) is 5.10 Å². The molecule has 0 bridgehead atoms. The van der Waals surface area contributed by atoms with Crippen LogP contribution in [0.15, 0.2) is 30.5 Å². The summed E-state index contributed by atoms with van der Waals surface area (Å²) in [7, 11) is 0. The average Bonchev–Trinajstić information content (AvgIpc) is 2.60. The van der Waals surface area contributed by atoms with Crippen LogP contribution in [0.1, 0.15) is 12.5 Å². The van der Waals surface area contributed by atoms with Crippen molar-refractivity contribution in [3.63, 3.8) is 0 Å². The Morgan fingerprint density at radius 1 is 1.33 bits per heavy atom. The molecular formula is C12H15N3. The molecule has 2 N–H and O–H groups in total. The van der Waals surface area contributed by atoms with Crippen LogP contribution >= 0.6 is 0 Å². The molecule has 0 spiro atoms. The third-order valence-electron chi connectivity index (χ3n) is 2.57. The highest BCUT2D eigenvalue weighted by atomic mass is 15.3. The van der Waals surface area contributed by atoms with E-state index in [1.54, 1.807) is 6.20 Å². The van der Waals surface area contributed by atoms with Crippen molar-refractivity contribution in [2.45, 2.75) is 20.4 Å². The van der Waals surface area contributed by atoms with Crippen LogP contribution in [0.4, 0.5) is 5.69 Å². The second kappa shape index (κ2) is 3.77. The Balaban J connectivity index is 2.63. The maximum Gasteiger partial charge on any atom is 0.0914 e. The van der Waals surface area contributed by atoms with Gasteiger partial charge in [-0.25, -0.2) is 0 Å². The maximum absolute atomic E-state index is 5.93. The normalized spacial score (nSPS) is 10.5. The summed E-state index contributed by atoms with van der Waals surface area (Å²) >= 11 is 0. The highest BCUT2D eigenvalue weighted by Gasteiger charge is 2.10. The lowest BCUT2D eigenvalue weighted by molar-refractivity contribution is 0.667. The Bertz CT molecular complexity index is 471. The molecule has 0 saturated carbocycles. The van der Waals surface area contributed by atoms with E-state index in [2.05, 4.69) is 31.1 Å². The van der Waals surface area contributed by atoms with E-state index in [1.165, 1.54) is 5.56 Å². The van der Waals surface area contributed by atoms with E-state index < -0.39 is 0 Å². The molecule has 0 fully saturated rings. The fourth-order valence-electron chi connectivity index (χ4n) is 1.77. The van der Waals surface area contributed by atoms with Gasteiger partial charge in [0, 0.05) is 12.1 Å². The summed E-state index contributed by atoms with van der Waals surface area (Å²) in [5, 5.41) is 4.24. The molecule has 0 radical (unpaired) electrons. The van der Waals surface area contributed by atoms with Crippen molar-refractivity contribution in [1.29, 1.82) is 0 Å². The summed E-state index contributed by atoms with van der Waals surface area (Å²) in [4.78, 5) is 0. The number of aromatic nitrogens is 2. The van der Waals surface area contributed by atoms with Crippen LogP contribution in [-0.4, -0.2) is 9.78 Å². The lowest BCUT2D eigenvalue weighted by atomic mass is 10.1. The van der Waals surface area contributed by atoms with Crippen molar-refractivity contribution in [2.24, 2.45) is 0 Å². The van der Waals surface area contributed by atoms with Gasteiger partial charge in [-0.3, -0.25) is 4.68 Å². The first-order valence-corrected chi connectivity index (χ1v) is 5.11. The van der Waals surface area contributed by atoms with E-state index in [9.17, 15) is 0 Å². The zero-order chi connectivity index (χ0) is 10.8. The molecule has 0 aliphatic heterocycles. The zero-order valence-electron chi connectivity index (χ0n) is 9.07. The van der Waals surface area contributed by atoms with Crippen LogP contribution in [0.3, 0.4) is 0 Å². The summed E-state index contributed by atoms with van der Waals surface area (Å²) in [6, 6.07) is 8.22. The van der Waals surface area contributed by atoms with E-state index in [4.69, 9.17) is 5.73 Å². The van der Waals surface area contributed by atoms with Gasteiger partial charge in [-0.15, -0.1) is 0 Å². The summed E-state index contributed by atoms with van der Waals surface area (Å²) in [6.45, 7) is 4.98. The molecule has 2 aromatic rings. The lowest BCUT2D eigenvalue weighted by Crippen LogP contribution is -2.01. The molecule has 0 aliphatic carbocycles. The molecule has 15 heavy (non-hydrogen) atoms. The second-order valence-electron chi connectivity index (χ2n) is 3.58. The number of rotatable bonds is 2. The second-order valence-corrected chi connectivity index (χ2v) is 3.58. The van der Waals surface area contributed by atoms with Crippen LogP contribution in [0.25, 0.3) is 11.3 Å². The van der Waals surface area contributed by atoms with Gasteiger partial charge in [0.15, 0.2) is 0 Å². The van der Waals surface area contributed by atoms with Gasteiger partial charge in [-0.05, 0) is 19.4 Å². The minimum absolute atomic E-state index is 0.742. The number of hydrogen-bond donors (Lipinski definition) is 1. The molecule has 1 aromatic carbocycles. The lowest BCUT2D eigenvalue weighted by Gasteiger charge is -2.08. The minimum atomic E-state index is 0.742. The topological polar surface area (TPSA) is 43.8 Å². The predicted molar refractivity (Wildman–Crippen MR) is 62.5 cm³/mol. The van der Waals surface area contributed by atoms with Crippen LogP contribution < -0.4 is 5.73 Å². The van der Waals surface area contributed by atoms with Crippen LogP contribution in [-0.2, 0) is 6.54 Å². The number of benzene rings is 1. The van der Waals surface area contributed by atoms with Crippen LogP contribution in [0.5, 0.6) is 0 Å². The molecule has 0 amide bonds. The van der Waals surface area contributed by atoms with E-state index in [0.29, 0.717) is 0 Å². The van der Waals surface area contributed by atoms with E-state index in [0.717, 1.165) is 23.5 Å². The number of nitrogen functional groups attached to an aromatic ring is 1. The van der Waals surface area contributed by atoms with Gasteiger partial charge >= 0.3 is 0 Å². The summed E-state index contributed by atoms with van der Waals surface area (Å²) in [5.41, 5.74) is 10.1. The minimum Gasteiger partial charge on any atom is -0.396 e. The van der Waals surface area contributed by atoms with Gasteiger partial charge in [-0.1, -0.05) is 24.3 Å². The Morgan fingerprint density at radius 2 is 2.07 bits per heavy atom. The standard InChI is InChI=1S/C12H15N3/c1-3-15-12(11(13)8-14-15)10-7-5-4-6-9(10)2/h4-8H,3,13H2,1-2H3. The first kappa shape index (κ1) is 9.77. The predicted octanol–water partition coefficient (Wildman–Crippen LogP) is 2.46. The molecule has 3 heteroatoms. The van der Waals surface area contributed by atoms with Gasteiger partial charge in [0.05, 0.1) is 17.6 Å². The fraction of sp³-hybridized carbons (Fsp3) is 0.250. The summed E-state index contributed by atoms with van der Waals surface area (Å²) in [6.07, 6.45) is 1.71. The SMILES string of the molecule is CCn1ncc(N)c1-c1ccccc1C. The maximum atomic E-state index is 5.93. The van der Waals surface area contributed by atoms with Crippen molar-refractivity contribution in [3.8, 4) is 11.3 Å². The first-order valence-electron chi connectivity index (χ1n) is 5.11. The number of nitrogens with zero attached hydrogens (tertiary/aromatic N) is 2. The van der Waals surface area contributed by atoms with E-state index in [1.807, 2.05) is 16.8 Å². The van der Waals surface area contributed by atoms with E-state index in [-0.39, 0.29) is 0 Å². The molecule has 0 aliphatic rings. The Labute approximate surface area is 89.5 Å². The van der Waals surface area contributed by atoms with Gasteiger partial charge in [0.1, 0.15) is 0 Å². The number of hydrogen-bond acceptors (Lipinski definition) is 2. The van der Waals surface area contributed by atoms with Crippen molar-refractivity contribution in [3.05, 3.63) is 36.0 Å². The highest BCUT2D eigenvalue weighted by Crippen LogP contribution is 2.28. The van der Waals surface area contributed by atoms with Crippen molar-refractivity contribution >= 4 is 5.69 Å². The smallest absolute Gasteiger partial charge is 0.0914 e. The summed E-state index contributed by atoms with van der Waals surface area (Å²) in [5.74, 6) is 0. The molecule has 1 heterocycles. The van der Waals surface area contributed by atoms with E-state index >= 15 is 0 Å². The fourth-order valence-corrected chi connectivity index (χ4v) is 1.77. The number of aryl methyl sites for hydroxylation is 2. The third-order valence-corrected chi connectivity index (χ3v) is 2.57. The van der Waals surface area contributed by atoms with Crippen molar-refractivity contribution in [2.75, 3.05) is 5.73 Å². The number of anilines is 1. The van der Waals surface area contributed by atoms with Crippen molar-refractivity contribution in [1.82, 2.24) is 9.78 Å². The molecule has 1 aromatic heterocycles. The molecular weight excluding hydrogens is 186 g/mol. The van der Waals surface area contributed by atoms with Gasteiger partial charge < -0.3 is 5.73 Å². The Morgan fingerprint density at radius 3 is 2.73 bits per heavy atom. The Hall–Kier alpha value is -1.77. The molecule has 3 nitrogen and oxygen atoms in total. The molecule has 0 saturated heterocycles. The largest absolute Gasteiger partial charge is 0.396 e. The van der Waals surface area contributed by atoms with Crippen molar-refractivity contribution < 1.29 is 0 Å². The summed E-state index contributed by atoms with van der Waals surface area (Å²) < 4.78 is 1.93. The monoisotopic (exact) mass is 201 g/mol. The van der Waals surface area contributed by atoms with Gasteiger partial charge in [0.2, 0.25) is 0 Å². The van der Waals surface area contributed by atoms with Gasteiger partial charge in [0.25, 0.3) is 0 Å². The number of nitrogens with two attached hydrogens (primary N) is 1.